The predicted molar refractivity (Wildman–Crippen MR) is 110 cm³/mol. The topological polar surface area (TPSA) is 58.6 Å². The van der Waals surface area contributed by atoms with Crippen LogP contribution in [0.2, 0.25) is 0 Å². The molecular formula is C23H28N2O3. The van der Waals surface area contributed by atoms with Crippen LogP contribution in [0.5, 0.6) is 5.75 Å². The number of carbonyl (C=O) groups excluding carboxylic acids is 2. The lowest BCUT2D eigenvalue weighted by atomic mass is 10.1. The Hall–Kier alpha value is -2.82. The summed E-state index contributed by atoms with van der Waals surface area (Å²) in [7, 11) is 0. The van der Waals surface area contributed by atoms with Crippen molar-refractivity contribution in [2.24, 2.45) is 5.92 Å². The number of nitrogens with zero attached hydrogens (tertiary/aromatic N) is 1. The van der Waals surface area contributed by atoms with Crippen LogP contribution in [0.15, 0.2) is 54.6 Å². The minimum Gasteiger partial charge on any atom is -0.492 e. The first-order chi connectivity index (χ1) is 13.3. The zero-order valence-corrected chi connectivity index (χ0v) is 16.8. The van der Waals surface area contributed by atoms with Gasteiger partial charge < -0.3 is 15.0 Å². The van der Waals surface area contributed by atoms with E-state index in [1.807, 2.05) is 63.2 Å². The van der Waals surface area contributed by atoms with Crippen molar-refractivity contribution in [2.75, 3.05) is 19.7 Å². The average molecular weight is 380 g/mol. The molecule has 0 aliphatic carbocycles. The van der Waals surface area contributed by atoms with Crippen molar-refractivity contribution in [3.05, 3.63) is 54.6 Å². The summed E-state index contributed by atoms with van der Waals surface area (Å²) in [5, 5.41) is 2.88. The molecule has 1 atom stereocenters. The third-order valence-corrected chi connectivity index (χ3v) is 4.94. The fourth-order valence-electron chi connectivity index (χ4n) is 3.39. The van der Waals surface area contributed by atoms with Gasteiger partial charge in [0.1, 0.15) is 12.4 Å². The van der Waals surface area contributed by atoms with Crippen molar-refractivity contribution in [3.63, 3.8) is 0 Å². The van der Waals surface area contributed by atoms with Crippen LogP contribution in [0.25, 0.3) is 11.1 Å². The van der Waals surface area contributed by atoms with Crippen LogP contribution in [-0.4, -0.2) is 41.9 Å². The number of hydrogen-bond acceptors (Lipinski definition) is 3. The van der Waals surface area contributed by atoms with Gasteiger partial charge in [0.15, 0.2) is 0 Å². The molecule has 1 N–H and O–H groups in total. The van der Waals surface area contributed by atoms with E-state index in [1.165, 1.54) is 0 Å². The lowest BCUT2D eigenvalue weighted by Crippen LogP contribution is -2.43. The minimum absolute atomic E-state index is 0.0439. The molecule has 0 saturated carbocycles. The summed E-state index contributed by atoms with van der Waals surface area (Å²) in [6.45, 7) is 7.25. The monoisotopic (exact) mass is 380 g/mol. The maximum Gasteiger partial charge on any atom is 0.225 e. The zero-order chi connectivity index (χ0) is 20.1. The van der Waals surface area contributed by atoms with Gasteiger partial charge in [-0.2, -0.15) is 0 Å². The van der Waals surface area contributed by atoms with Gasteiger partial charge in [-0.05, 0) is 44.0 Å². The summed E-state index contributed by atoms with van der Waals surface area (Å²) in [5.41, 5.74) is 2.05. The van der Waals surface area contributed by atoms with E-state index in [1.54, 1.807) is 4.90 Å². The Balaban J connectivity index is 1.42. The molecule has 1 fully saturated rings. The molecule has 3 rings (SSSR count). The van der Waals surface area contributed by atoms with E-state index in [9.17, 15) is 9.59 Å². The van der Waals surface area contributed by atoms with Crippen molar-refractivity contribution in [2.45, 2.75) is 32.7 Å². The molecule has 1 aliphatic heterocycles. The van der Waals surface area contributed by atoms with Crippen LogP contribution in [0.4, 0.5) is 0 Å². The van der Waals surface area contributed by atoms with E-state index in [-0.39, 0.29) is 29.7 Å². The second-order valence-corrected chi connectivity index (χ2v) is 8.11. The first kappa shape index (κ1) is 19.9. The minimum atomic E-state index is -0.281. The Morgan fingerprint density at radius 2 is 1.71 bits per heavy atom. The molecule has 0 aromatic heterocycles. The van der Waals surface area contributed by atoms with Gasteiger partial charge in [-0.3, -0.25) is 9.59 Å². The van der Waals surface area contributed by atoms with Crippen LogP contribution in [-0.2, 0) is 9.59 Å². The molecule has 1 heterocycles. The number of benzene rings is 2. The van der Waals surface area contributed by atoms with Crippen LogP contribution < -0.4 is 10.1 Å². The van der Waals surface area contributed by atoms with Crippen LogP contribution >= 0.6 is 0 Å². The number of amides is 2. The lowest BCUT2D eigenvalue weighted by Gasteiger charge is -2.31. The van der Waals surface area contributed by atoms with Gasteiger partial charge in [0.25, 0.3) is 0 Å². The largest absolute Gasteiger partial charge is 0.492 e. The maximum absolute atomic E-state index is 12.3. The second-order valence-electron chi connectivity index (χ2n) is 8.11. The molecule has 5 heteroatoms. The van der Waals surface area contributed by atoms with Crippen LogP contribution in [0.1, 0.15) is 27.2 Å². The Kier molecular flexibility index (Phi) is 6.02. The molecule has 0 bridgehead atoms. The van der Waals surface area contributed by atoms with Gasteiger partial charge in [0, 0.05) is 18.5 Å². The molecule has 0 spiro atoms. The van der Waals surface area contributed by atoms with Gasteiger partial charge in [-0.25, -0.2) is 0 Å². The van der Waals surface area contributed by atoms with E-state index in [0.717, 1.165) is 16.9 Å². The van der Waals surface area contributed by atoms with Crippen molar-refractivity contribution in [1.82, 2.24) is 10.2 Å². The summed E-state index contributed by atoms with van der Waals surface area (Å²) in [6.07, 6.45) is 0.283. The Bertz CT molecular complexity index is 810. The van der Waals surface area contributed by atoms with Crippen molar-refractivity contribution in [1.29, 1.82) is 0 Å². The number of nitrogens with one attached hydrogen (secondary N) is 1. The summed E-state index contributed by atoms with van der Waals surface area (Å²) < 4.78 is 5.71. The van der Waals surface area contributed by atoms with Gasteiger partial charge in [-0.1, -0.05) is 42.5 Å². The van der Waals surface area contributed by atoms with Crippen LogP contribution in [0, 0.1) is 5.92 Å². The molecule has 0 radical (unpaired) electrons. The van der Waals surface area contributed by atoms with E-state index in [0.29, 0.717) is 19.7 Å². The maximum atomic E-state index is 12.3. The molecule has 1 saturated heterocycles. The molecule has 2 aromatic carbocycles. The number of carbonyl (C=O) groups is 2. The highest BCUT2D eigenvalue weighted by Crippen LogP contribution is 2.26. The molecule has 28 heavy (non-hydrogen) atoms. The molecule has 5 nitrogen and oxygen atoms in total. The van der Waals surface area contributed by atoms with Crippen LogP contribution in [0.3, 0.4) is 0 Å². The SMILES string of the molecule is CC(C)(C)N1C[C@@H](C(=O)NCCOc2ccc(-c3ccccc3)cc2)CC1=O. The molecule has 2 aromatic rings. The van der Waals surface area contributed by atoms with Crippen molar-refractivity contribution >= 4 is 11.8 Å². The molecule has 1 aliphatic rings. The Labute approximate surface area is 166 Å². The smallest absolute Gasteiger partial charge is 0.225 e. The third-order valence-electron chi connectivity index (χ3n) is 4.94. The summed E-state index contributed by atoms with van der Waals surface area (Å²) in [5.74, 6) is 0.450. The quantitative estimate of drug-likeness (QED) is 0.781. The van der Waals surface area contributed by atoms with E-state index >= 15 is 0 Å². The fourth-order valence-corrected chi connectivity index (χ4v) is 3.39. The van der Waals surface area contributed by atoms with E-state index < -0.39 is 0 Å². The molecule has 2 amide bonds. The van der Waals surface area contributed by atoms with Crippen molar-refractivity contribution < 1.29 is 14.3 Å². The van der Waals surface area contributed by atoms with Gasteiger partial charge in [0.2, 0.25) is 11.8 Å². The van der Waals surface area contributed by atoms with E-state index in [4.69, 9.17) is 4.74 Å². The highest BCUT2D eigenvalue weighted by Gasteiger charge is 2.39. The van der Waals surface area contributed by atoms with Crippen molar-refractivity contribution in [3.8, 4) is 16.9 Å². The number of hydrogen-bond donors (Lipinski definition) is 1. The zero-order valence-electron chi connectivity index (χ0n) is 16.8. The molecular weight excluding hydrogens is 352 g/mol. The van der Waals surface area contributed by atoms with Gasteiger partial charge in [0.05, 0.1) is 12.5 Å². The predicted octanol–water partition coefficient (Wildman–Crippen LogP) is 3.50. The fraction of sp³-hybridized carbons (Fsp3) is 0.391. The highest BCUT2D eigenvalue weighted by molar-refractivity contribution is 5.89. The first-order valence-corrected chi connectivity index (χ1v) is 9.71. The number of rotatable bonds is 6. The van der Waals surface area contributed by atoms with Gasteiger partial charge in [-0.15, -0.1) is 0 Å². The summed E-state index contributed by atoms with van der Waals surface area (Å²) in [6, 6.07) is 18.1. The second kappa shape index (κ2) is 8.46. The van der Waals surface area contributed by atoms with E-state index in [2.05, 4.69) is 17.4 Å². The Morgan fingerprint density at radius 3 is 2.32 bits per heavy atom. The Morgan fingerprint density at radius 1 is 1.07 bits per heavy atom. The first-order valence-electron chi connectivity index (χ1n) is 9.71. The number of ether oxygens (including phenoxy) is 1. The summed E-state index contributed by atoms with van der Waals surface area (Å²) >= 11 is 0. The summed E-state index contributed by atoms with van der Waals surface area (Å²) in [4.78, 5) is 26.2. The number of likely N-dealkylation sites (tertiary alicyclic amines) is 1. The lowest BCUT2D eigenvalue weighted by molar-refractivity contribution is -0.132. The van der Waals surface area contributed by atoms with Gasteiger partial charge >= 0.3 is 0 Å². The normalized spacial score (nSPS) is 16.9. The molecule has 0 unspecified atom stereocenters. The third kappa shape index (κ3) is 4.91. The standard InChI is InChI=1S/C23H28N2O3/c1-23(2,3)25-16-19(15-21(25)26)22(27)24-13-14-28-20-11-9-18(10-12-20)17-7-5-4-6-8-17/h4-12,19H,13-16H2,1-3H3,(H,24,27)/t19-/m0/s1. The average Bonchev–Trinajstić information content (AvgIpc) is 3.08. The molecule has 148 valence electrons. The highest BCUT2D eigenvalue weighted by atomic mass is 16.5.